The first kappa shape index (κ1) is 18.6. The van der Waals surface area contributed by atoms with Gasteiger partial charge < -0.3 is 19.9 Å². The Kier molecular flexibility index (Phi) is 5.36. The molecular formula is C16H27N3O5S. The quantitative estimate of drug-likeness (QED) is 0.664. The van der Waals surface area contributed by atoms with E-state index in [-0.39, 0.29) is 30.6 Å². The highest BCUT2D eigenvalue weighted by atomic mass is 32.2. The number of ether oxygens (including phenoxy) is 1. The molecule has 0 radical (unpaired) electrons. The van der Waals surface area contributed by atoms with E-state index < -0.39 is 20.7 Å². The summed E-state index contributed by atoms with van der Waals surface area (Å²) in [6.07, 6.45) is 2.49. The van der Waals surface area contributed by atoms with Gasteiger partial charge in [-0.15, -0.1) is 0 Å². The first-order chi connectivity index (χ1) is 11.8. The van der Waals surface area contributed by atoms with Gasteiger partial charge in [0.2, 0.25) is 11.8 Å². The lowest BCUT2D eigenvalue weighted by Crippen LogP contribution is -2.71. The molecule has 0 saturated carbocycles. The molecule has 3 aliphatic rings. The summed E-state index contributed by atoms with van der Waals surface area (Å²) in [7, 11) is -3.22. The number of hydrogen-bond acceptors (Lipinski definition) is 6. The Morgan fingerprint density at radius 1 is 1.24 bits per heavy atom. The zero-order valence-corrected chi connectivity index (χ0v) is 15.5. The molecule has 2 amide bonds. The average molecular weight is 373 g/mol. The minimum atomic E-state index is -3.22. The molecule has 8 nitrogen and oxygen atoms in total. The Morgan fingerprint density at radius 2 is 1.92 bits per heavy atom. The van der Waals surface area contributed by atoms with E-state index in [1.165, 1.54) is 6.92 Å². The first-order valence-corrected chi connectivity index (χ1v) is 10.6. The van der Waals surface area contributed by atoms with Crippen molar-refractivity contribution >= 4 is 21.7 Å². The van der Waals surface area contributed by atoms with Crippen LogP contribution in [0, 0.1) is 0 Å². The van der Waals surface area contributed by atoms with Crippen LogP contribution in [0.2, 0.25) is 0 Å². The highest BCUT2D eigenvalue weighted by Gasteiger charge is 2.53. The van der Waals surface area contributed by atoms with Gasteiger partial charge >= 0.3 is 0 Å². The van der Waals surface area contributed by atoms with Crippen LogP contribution in [0.15, 0.2) is 0 Å². The summed E-state index contributed by atoms with van der Waals surface area (Å²) in [5.74, 6) is -0.258. The fourth-order valence-corrected chi connectivity index (χ4v) is 5.78. The van der Waals surface area contributed by atoms with Gasteiger partial charge in [-0.25, -0.2) is 8.42 Å². The minimum Gasteiger partial charge on any atom is -0.369 e. The molecule has 3 aliphatic heterocycles. The van der Waals surface area contributed by atoms with Crippen molar-refractivity contribution in [3.8, 4) is 0 Å². The van der Waals surface area contributed by atoms with Gasteiger partial charge in [-0.05, 0) is 25.9 Å². The summed E-state index contributed by atoms with van der Waals surface area (Å²) < 4.78 is 31.2. The van der Waals surface area contributed by atoms with Crippen LogP contribution in [0.5, 0.6) is 0 Å². The highest BCUT2D eigenvalue weighted by molar-refractivity contribution is 7.92. The van der Waals surface area contributed by atoms with Gasteiger partial charge in [-0.1, -0.05) is 0 Å². The van der Waals surface area contributed by atoms with Gasteiger partial charge in [-0.2, -0.15) is 0 Å². The van der Waals surface area contributed by atoms with Gasteiger partial charge in [0.1, 0.15) is 5.60 Å². The van der Waals surface area contributed by atoms with Crippen molar-refractivity contribution in [3.05, 3.63) is 0 Å². The van der Waals surface area contributed by atoms with E-state index in [0.717, 1.165) is 25.9 Å². The largest absolute Gasteiger partial charge is 0.369 e. The Labute approximate surface area is 148 Å². The SMILES string of the molecule is CC(=O)NCCC(=O)N1CC2(C1)CS(=O)(=O)[C@@H](CN1CCCC1)CO2. The minimum absolute atomic E-state index is 0.00597. The monoisotopic (exact) mass is 373 g/mol. The van der Waals surface area contributed by atoms with E-state index in [1.807, 2.05) is 0 Å². The van der Waals surface area contributed by atoms with E-state index in [4.69, 9.17) is 4.74 Å². The lowest BCUT2D eigenvalue weighted by molar-refractivity contribution is -0.165. The van der Waals surface area contributed by atoms with Gasteiger partial charge in [-0.3, -0.25) is 9.59 Å². The number of hydrogen-bond donors (Lipinski definition) is 1. The fourth-order valence-electron chi connectivity index (χ4n) is 3.83. The topological polar surface area (TPSA) is 96.0 Å². The maximum atomic E-state index is 12.6. The van der Waals surface area contributed by atoms with Crippen molar-refractivity contribution < 1.29 is 22.7 Å². The van der Waals surface area contributed by atoms with Crippen LogP contribution in [0.4, 0.5) is 0 Å². The molecule has 0 unspecified atom stereocenters. The molecule has 0 bridgehead atoms. The summed E-state index contributed by atoms with van der Waals surface area (Å²) >= 11 is 0. The maximum absolute atomic E-state index is 12.6. The van der Waals surface area contributed by atoms with Crippen LogP contribution in [-0.2, 0) is 24.2 Å². The number of amides is 2. The Balaban J connectivity index is 1.48. The maximum Gasteiger partial charge on any atom is 0.224 e. The molecule has 3 saturated heterocycles. The Hall–Kier alpha value is -1.19. The van der Waals surface area contributed by atoms with E-state index in [9.17, 15) is 18.0 Å². The molecule has 0 aromatic heterocycles. The molecule has 3 fully saturated rings. The lowest BCUT2D eigenvalue weighted by atomic mass is 9.95. The lowest BCUT2D eigenvalue weighted by Gasteiger charge is -2.52. The van der Waals surface area contributed by atoms with Crippen LogP contribution in [0.3, 0.4) is 0 Å². The van der Waals surface area contributed by atoms with Crippen molar-refractivity contribution in [3.63, 3.8) is 0 Å². The number of carbonyl (C=O) groups is 2. The van der Waals surface area contributed by atoms with Crippen molar-refractivity contribution in [1.29, 1.82) is 0 Å². The third kappa shape index (κ3) is 4.32. The molecule has 25 heavy (non-hydrogen) atoms. The van der Waals surface area contributed by atoms with Crippen LogP contribution < -0.4 is 5.32 Å². The number of sulfone groups is 1. The average Bonchev–Trinajstić information content (AvgIpc) is 2.99. The molecule has 3 rings (SSSR count). The summed E-state index contributed by atoms with van der Waals surface area (Å²) in [5.41, 5.74) is -0.732. The third-order valence-electron chi connectivity index (χ3n) is 5.23. The second-order valence-electron chi connectivity index (χ2n) is 7.41. The Morgan fingerprint density at radius 3 is 2.52 bits per heavy atom. The summed E-state index contributed by atoms with van der Waals surface area (Å²) in [6, 6.07) is 0. The van der Waals surface area contributed by atoms with Crippen molar-refractivity contribution in [2.75, 3.05) is 51.6 Å². The number of likely N-dealkylation sites (tertiary alicyclic amines) is 2. The van der Waals surface area contributed by atoms with Crippen molar-refractivity contribution in [1.82, 2.24) is 15.1 Å². The molecular weight excluding hydrogens is 346 g/mol. The van der Waals surface area contributed by atoms with E-state index in [2.05, 4.69) is 10.2 Å². The molecule has 1 spiro atoms. The molecule has 142 valence electrons. The van der Waals surface area contributed by atoms with E-state index in [0.29, 0.717) is 26.2 Å². The molecule has 1 atom stereocenters. The summed E-state index contributed by atoms with van der Waals surface area (Å²) in [6.45, 7) is 5.05. The van der Waals surface area contributed by atoms with Crippen LogP contribution >= 0.6 is 0 Å². The smallest absolute Gasteiger partial charge is 0.224 e. The number of nitrogens with zero attached hydrogens (tertiary/aromatic N) is 2. The predicted molar refractivity (Wildman–Crippen MR) is 91.8 cm³/mol. The van der Waals surface area contributed by atoms with Gasteiger partial charge in [0.25, 0.3) is 0 Å². The van der Waals surface area contributed by atoms with Crippen LogP contribution in [-0.4, -0.2) is 92.5 Å². The van der Waals surface area contributed by atoms with Gasteiger partial charge in [0.05, 0.1) is 30.7 Å². The van der Waals surface area contributed by atoms with Crippen LogP contribution in [0.1, 0.15) is 26.2 Å². The van der Waals surface area contributed by atoms with Crippen molar-refractivity contribution in [2.45, 2.75) is 37.0 Å². The number of carbonyl (C=O) groups excluding carboxylic acids is 2. The highest BCUT2D eigenvalue weighted by Crippen LogP contribution is 2.33. The number of nitrogens with one attached hydrogen (secondary N) is 1. The zero-order valence-electron chi connectivity index (χ0n) is 14.7. The zero-order chi connectivity index (χ0) is 18.1. The number of rotatable bonds is 5. The van der Waals surface area contributed by atoms with Gasteiger partial charge in [0, 0.05) is 26.4 Å². The van der Waals surface area contributed by atoms with Crippen LogP contribution in [0.25, 0.3) is 0 Å². The van der Waals surface area contributed by atoms with Gasteiger partial charge in [0.15, 0.2) is 9.84 Å². The summed E-state index contributed by atoms with van der Waals surface area (Å²) in [5, 5.41) is 2.13. The van der Waals surface area contributed by atoms with E-state index in [1.54, 1.807) is 4.90 Å². The molecule has 0 aliphatic carbocycles. The summed E-state index contributed by atoms with van der Waals surface area (Å²) in [4.78, 5) is 26.7. The molecule has 1 N–H and O–H groups in total. The molecule has 3 heterocycles. The second-order valence-corrected chi connectivity index (χ2v) is 9.69. The first-order valence-electron chi connectivity index (χ1n) is 8.90. The molecule has 9 heteroatoms. The van der Waals surface area contributed by atoms with E-state index >= 15 is 0 Å². The van der Waals surface area contributed by atoms with Crippen molar-refractivity contribution in [2.24, 2.45) is 0 Å². The third-order valence-corrected chi connectivity index (χ3v) is 7.46. The standard InChI is InChI=1S/C16H27N3O5S/c1-13(20)17-5-4-15(21)19-10-16(11-19)12-25(22,23)14(9-24-16)8-18-6-2-3-7-18/h14H,2-12H2,1H3,(H,17,20)/t14-/m0/s1. The fraction of sp³-hybridized carbons (Fsp3) is 0.875. The molecule has 0 aromatic rings. The second kappa shape index (κ2) is 7.20. The normalized spacial score (nSPS) is 27.9. The molecule has 0 aromatic carbocycles. The Bertz CT molecular complexity index is 624. The predicted octanol–water partition coefficient (Wildman–Crippen LogP) is -0.997.